The van der Waals surface area contributed by atoms with Crippen molar-refractivity contribution in [3.63, 3.8) is 0 Å². The molecule has 2 aromatic rings. The lowest BCUT2D eigenvalue weighted by Gasteiger charge is -2.10. The summed E-state index contributed by atoms with van der Waals surface area (Å²) in [4.78, 5) is 1.08. The first kappa shape index (κ1) is 11.2. The number of hydrogen-bond donors (Lipinski definition) is 0. The van der Waals surface area contributed by atoms with Crippen LogP contribution in [0, 0.1) is 0 Å². The van der Waals surface area contributed by atoms with Gasteiger partial charge in [0, 0.05) is 0 Å². The topological polar surface area (TPSA) is 34.1 Å². The zero-order valence-corrected chi connectivity index (χ0v) is 12.4. The Morgan fingerprint density at radius 1 is 0.895 bits per heavy atom. The van der Waals surface area contributed by atoms with Crippen molar-refractivity contribution in [1.82, 2.24) is 0 Å². The highest BCUT2D eigenvalue weighted by atomic mass is 32.2. The van der Waals surface area contributed by atoms with E-state index in [-0.39, 0.29) is 0 Å². The average molecular weight is 284 g/mol. The summed E-state index contributed by atoms with van der Waals surface area (Å²) < 4.78 is 25.5. The summed E-state index contributed by atoms with van der Waals surface area (Å²) >= 11 is 0. The fourth-order valence-corrected chi connectivity index (χ4v) is 8.97. The van der Waals surface area contributed by atoms with Gasteiger partial charge in [0.05, 0.1) is 9.80 Å². The summed E-state index contributed by atoms with van der Waals surface area (Å²) in [7, 11) is -4.69. The molecule has 0 amide bonds. The second-order valence-corrected chi connectivity index (χ2v) is 9.55. The molecule has 0 saturated heterocycles. The van der Waals surface area contributed by atoms with Gasteiger partial charge in [0.1, 0.15) is 8.80 Å². The molecule has 0 fully saturated rings. The first-order valence-electron chi connectivity index (χ1n) is 6.30. The molecule has 1 atom stereocenters. The Morgan fingerprint density at radius 3 is 2.32 bits per heavy atom. The van der Waals surface area contributed by atoms with E-state index in [9.17, 15) is 8.42 Å². The van der Waals surface area contributed by atoms with Crippen molar-refractivity contribution in [3.05, 3.63) is 59.7 Å². The van der Waals surface area contributed by atoms with Gasteiger partial charge in [-0.25, -0.2) is 8.42 Å². The van der Waals surface area contributed by atoms with E-state index in [0.29, 0.717) is 9.80 Å². The van der Waals surface area contributed by atoms with Crippen molar-refractivity contribution in [1.29, 1.82) is 0 Å². The largest absolute Gasteiger partial charge is 0.218 e. The molecular formula is C15H12O2SSi. The molecule has 2 aliphatic rings. The quantitative estimate of drug-likeness (QED) is 0.693. The molecule has 94 valence electrons. The molecule has 0 bridgehead atoms. The molecule has 19 heavy (non-hydrogen) atoms. The van der Waals surface area contributed by atoms with Gasteiger partial charge in [-0.1, -0.05) is 49.0 Å². The van der Waals surface area contributed by atoms with E-state index in [0.717, 1.165) is 16.3 Å². The van der Waals surface area contributed by atoms with Crippen LogP contribution in [0.1, 0.15) is 11.1 Å². The summed E-state index contributed by atoms with van der Waals surface area (Å²) in [6, 6.07) is 15.4. The Bertz CT molecular complexity index is 850. The van der Waals surface area contributed by atoms with Crippen LogP contribution in [0.15, 0.2) is 53.4 Å². The minimum Gasteiger partial charge on any atom is -0.218 e. The first-order valence-corrected chi connectivity index (χ1v) is 10.1. The molecule has 1 unspecified atom stereocenters. The van der Waals surface area contributed by atoms with Crippen LogP contribution in [-0.2, 0) is 9.84 Å². The summed E-state index contributed by atoms with van der Waals surface area (Å²) in [6.07, 6.45) is 0. The van der Waals surface area contributed by atoms with Crippen molar-refractivity contribution in [2.24, 2.45) is 0 Å². The lowest BCUT2D eigenvalue weighted by Crippen LogP contribution is -2.26. The lowest BCUT2D eigenvalue weighted by atomic mass is 10.1. The molecule has 0 aromatic heterocycles. The van der Waals surface area contributed by atoms with Crippen molar-refractivity contribution >= 4 is 33.9 Å². The average Bonchev–Trinajstić information content (AvgIpc) is 2.85. The normalized spacial score (nSPS) is 22.1. The molecule has 4 heteroatoms. The Hall–Kier alpha value is -1.65. The molecule has 4 rings (SSSR count). The maximum atomic E-state index is 12.7. The smallest absolute Gasteiger partial charge is 0.207 e. The van der Waals surface area contributed by atoms with Crippen molar-refractivity contribution in [2.75, 3.05) is 0 Å². The van der Waals surface area contributed by atoms with Crippen LogP contribution < -0.4 is 5.19 Å². The number of hydrogen-bond acceptors (Lipinski definition) is 2. The molecule has 0 spiro atoms. The van der Waals surface area contributed by atoms with E-state index in [4.69, 9.17) is 0 Å². The van der Waals surface area contributed by atoms with E-state index >= 15 is 0 Å². The Balaban J connectivity index is 2.14. The van der Waals surface area contributed by atoms with Crippen molar-refractivity contribution < 1.29 is 8.42 Å². The highest BCUT2D eigenvalue weighted by Crippen LogP contribution is 2.47. The van der Waals surface area contributed by atoms with Gasteiger partial charge in [0.2, 0.25) is 9.84 Å². The van der Waals surface area contributed by atoms with Gasteiger partial charge in [-0.15, -0.1) is 0 Å². The van der Waals surface area contributed by atoms with Gasteiger partial charge >= 0.3 is 0 Å². The van der Waals surface area contributed by atoms with Gasteiger partial charge in [-0.3, -0.25) is 0 Å². The van der Waals surface area contributed by atoms with Crippen LogP contribution in [0.3, 0.4) is 0 Å². The highest BCUT2D eigenvalue weighted by Gasteiger charge is 2.43. The molecular weight excluding hydrogens is 272 g/mol. The third-order valence-electron chi connectivity index (χ3n) is 4.09. The monoisotopic (exact) mass is 284 g/mol. The maximum Gasteiger partial charge on any atom is 0.207 e. The van der Waals surface area contributed by atoms with Gasteiger partial charge in [-0.05, 0) is 27.6 Å². The Labute approximate surface area is 113 Å². The zero-order chi connectivity index (χ0) is 13.2. The second kappa shape index (κ2) is 3.46. The number of fused-ring (bicyclic) bond motifs is 4. The van der Waals surface area contributed by atoms with Gasteiger partial charge in [-0.2, -0.15) is 0 Å². The first-order chi connectivity index (χ1) is 9.12. The van der Waals surface area contributed by atoms with Gasteiger partial charge in [0.25, 0.3) is 0 Å². The van der Waals surface area contributed by atoms with Gasteiger partial charge < -0.3 is 0 Å². The molecule has 2 nitrogen and oxygen atoms in total. The van der Waals surface area contributed by atoms with E-state index in [1.54, 1.807) is 12.1 Å². The molecule has 0 radical (unpaired) electrons. The fraction of sp³-hybridized carbons (Fsp3) is 0.0667. The van der Waals surface area contributed by atoms with Crippen molar-refractivity contribution in [3.8, 4) is 0 Å². The lowest BCUT2D eigenvalue weighted by molar-refractivity contribution is 0.606. The standard InChI is InChI=1S/C15H12O2SSi/c1-19-13-9-5-3-7-11(13)14-15(19)10-6-2-4-8-12(10)18(14,16)17/h2-9,19H,1H3. The molecule has 0 saturated carbocycles. The van der Waals surface area contributed by atoms with E-state index in [2.05, 4.69) is 12.6 Å². The fourth-order valence-electron chi connectivity index (χ4n) is 3.26. The van der Waals surface area contributed by atoms with E-state index < -0.39 is 18.6 Å². The van der Waals surface area contributed by atoms with Crippen LogP contribution in [0.4, 0.5) is 0 Å². The summed E-state index contributed by atoms with van der Waals surface area (Å²) in [6.45, 7) is 2.22. The minimum absolute atomic E-state index is 0.494. The third kappa shape index (κ3) is 1.23. The predicted molar refractivity (Wildman–Crippen MR) is 79.5 cm³/mol. The number of rotatable bonds is 0. The van der Waals surface area contributed by atoms with Crippen LogP contribution in [0.2, 0.25) is 6.55 Å². The number of benzene rings is 2. The molecule has 2 aromatic carbocycles. The molecule has 0 aliphatic carbocycles. The van der Waals surface area contributed by atoms with Gasteiger partial charge in [0.15, 0.2) is 0 Å². The van der Waals surface area contributed by atoms with Crippen LogP contribution >= 0.6 is 0 Å². The second-order valence-electron chi connectivity index (χ2n) is 5.05. The number of sulfone groups is 1. The summed E-state index contributed by atoms with van der Waals surface area (Å²) in [5.74, 6) is 0. The van der Waals surface area contributed by atoms with Crippen molar-refractivity contribution in [2.45, 2.75) is 11.4 Å². The predicted octanol–water partition coefficient (Wildman–Crippen LogP) is 1.96. The summed E-state index contributed by atoms with van der Waals surface area (Å²) in [5, 5.41) is 2.36. The molecule has 2 heterocycles. The van der Waals surface area contributed by atoms with E-state index in [1.807, 2.05) is 30.3 Å². The highest BCUT2D eigenvalue weighted by molar-refractivity contribution is 8.01. The van der Waals surface area contributed by atoms with Crippen LogP contribution in [0.5, 0.6) is 0 Å². The summed E-state index contributed by atoms with van der Waals surface area (Å²) in [5.41, 5.74) is 1.88. The molecule has 2 aliphatic heterocycles. The Morgan fingerprint density at radius 2 is 1.53 bits per heavy atom. The maximum absolute atomic E-state index is 12.7. The Kier molecular flexibility index (Phi) is 2.04. The molecule has 0 N–H and O–H groups in total. The SMILES string of the molecule is C[SiH]1C2=C(c3ccccc31)S(=O)(=O)c1ccccc12. The third-order valence-corrected chi connectivity index (χ3v) is 9.11. The van der Waals surface area contributed by atoms with Crippen LogP contribution in [0.25, 0.3) is 10.1 Å². The zero-order valence-electron chi connectivity index (χ0n) is 10.4. The van der Waals surface area contributed by atoms with Crippen LogP contribution in [-0.4, -0.2) is 17.2 Å². The minimum atomic E-state index is -3.32. The van der Waals surface area contributed by atoms with E-state index in [1.165, 1.54) is 5.19 Å².